The lowest BCUT2D eigenvalue weighted by molar-refractivity contribution is 0.0462. The Kier molecular flexibility index (Phi) is 2.11. The van der Waals surface area contributed by atoms with E-state index in [-0.39, 0.29) is 0 Å². The van der Waals surface area contributed by atoms with Crippen molar-refractivity contribution in [2.45, 2.75) is 25.0 Å². The van der Waals surface area contributed by atoms with Crippen LogP contribution in [0.25, 0.3) is 0 Å². The standard InChI is InChI=1S/C8H14NO2/c1-10-9-7-5-11-8-4-2-3-6(7)8/h2,6-9H,3-5H2,1H3/t6-,7-,8-/m1/s1. The summed E-state index contributed by atoms with van der Waals surface area (Å²) in [7, 11) is 1.66. The van der Waals surface area contributed by atoms with E-state index in [1.165, 1.54) is 6.42 Å². The smallest absolute Gasteiger partial charge is 0.0650 e. The van der Waals surface area contributed by atoms with Crippen molar-refractivity contribution in [3.63, 3.8) is 0 Å². The lowest BCUT2D eigenvalue weighted by Crippen LogP contribution is -2.34. The molecule has 1 aliphatic carbocycles. The molecule has 1 aliphatic heterocycles. The van der Waals surface area contributed by atoms with Gasteiger partial charge in [-0.05, 0) is 19.3 Å². The van der Waals surface area contributed by atoms with Gasteiger partial charge in [0.15, 0.2) is 0 Å². The summed E-state index contributed by atoms with van der Waals surface area (Å²) >= 11 is 0. The van der Waals surface area contributed by atoms with Crippen LogP contribution in [0.5, 0.6) is 0 Å². The minimum atomic E-state index is 0.406. The Morgan fingerprint density at radius 2 is 2.45 bits per heavy atom. The molecule has 0 unspecified atom stereocenters. The summed E-state index contributed by atoms with van der Waals surface area (Å²) in [5.41, 5.74) is 2.97. The minimum Gasteiger partial charge on any atom is -0.376 e. The van der Waals surface area contributed by atoms with Crippen molar-refractivity contribution in [3.05, 3.63) is 6.42 Å². The molecule has 1 N–H and O–H groups in total. The molecule has 0 aromatic rings. The fraction of sp³-hybridized carbons (Fsp3) is 0.875. The van der Waals surface area contributed by atoms with Crippen LogP contribution in [0.15, 0.2) is 0 Å². The molecule has 0 aromatic heterocycles. The third kappa shape index (κ3) is 1.28. The van der Waals surface area contributed by atoms with E-state index in [0.717, 1.165) is 13.0 Å². The summed E-state index contributed by atoms with van der Waals surface area (Å²) < 4.78 is 5.57. The number of nitrogens with one attached hydrogen (secondary N) is 1. The van der Waals surface area contributed by atoms with Gasteiger partial charge in [-0.1, -0.05) is 0 Å². The Morgan fingerprint density at radius 1 is 1.55 bits per heavy atom. The molecule has 63 valence electrons. The van der Waals surface area contributed by atoms with Crippen molar-refractivity contribution < 1.29 is 9.57 Å². The van der Waals surface area contributed by atoms with Crippen LogP contribution in [-0.4, -0.2) is 25.9 Å². The predicted octanol–water partition coefficient (Wildman–Crippen LogP) is 0.519. The van der Waals surface area contributed by atoms with Gasteiger partial charge in [0.2, 0.25) is 0 Å². The van der Waals surface area contributed by atoms with Crippen molar-refractivity contribution in [3.8, 4) is 0 Å². The fourth-order valence-electron chi connectivity index (χ4n) is 2.02. The van der Waals surface area contributed by atoms with E-state index in [1.807, 2.05) is 0 Å². The third-order valence-corrected chi connectivity index (χ3v) is 2.59. The van der Waals surface area contributed by atoms with Gasteiger partial charge in [-0.15, -0.1) is 0 Å². The topological polar surface area (TPSA) is 30.5 Å². The number of hydroxylamine groups is 1. The highest BCUT2D eigenvalue weighted by Gasteiger charge is 2.40. The summed E-state index contributed by atoms with van der Waals surface area (Å²) in [6.07, 6.45) is 5.06. The molecule has 3 nitrogen and oxygen atoms in total. The first-order valence-corrected chi connectivity index (χ1v) is 4.13. The van der Waals surface area contributed by atoms with Crippen LogP contribution in [0.2, 0.25) is 0 Å². The molecule has 2 rings (SSSR count). The van der Waals surface area contributed by atoms with E-state index in [2.05, 4.69) is 11.9 Å². The number of rotatable bonds is 2. The summed E-state index contributed by atoms with van der Waals surface area (Å²) in [4.78, 5) is 4.89. The molecule has 3 heteroatoms. The minimum absolute atomic E-state index is 0.406. The largest absolute Gasteiger partial charge is 0.376 e. The predicted molar refractivity (Wildman–Crippen MR) is 40.7 cm³/mol. The van der Waals surface area contributed by atoms with Crippen molar-refractivity contribution in [1.29, 1.82) is 0 Å². The van der Waals surface area contributed by atoms with Crippen molar-refractivity contribution >= 4 is 0 Å². The van der Waals surface area contributed by atoms with Crippen LogP contribution in [0.4, 0.5) is 0 Å². The second kappa shape index (κ2) is 3.09. The summed E-state index contributed by atoms with van der Waals surface area (Å²) in [6, 6.07) is 0.406. The molecule has 1 saturated carbocycles. The normalized spacial score (nSPS) is 42.8. The monoisotopic (exact) mass is 156 g/mol. The summed E-state index contributed by atoms with van der Waals surface area (Å²) in [6.45, 7) is 0.803. The van der Waals surface area contributed by atoms with E-state index >= 15 is 0 Å². The van der Waals surface area contributed by atoms with Gasteiger partial charge >= 0.3 is 0 Å². The van der Waals surface area contributed by atoms with Gasteiger partial charge in [0.25, 0.3) is 0 Å². The second-order valence-electron chi connectivity index (χ2n) is 3.22. The molecule has 1 radical (unpaired) electrons. The van der Waals surface area contributed by atoms with E-state index in [9.17, 15) is 0 Å². The highest BCUT2D eigenvalue weighted by atomic mass is 16.6. The van der Waals surface area contributed by atoms with Crippen LogP contribution < -0.4 is 5.48 Å². The Morgan fingerprint density at radius 3 is 3.27 bits per heavy atom. The number of ether oxygens (including phenoxy) is 1. The molecule has 1 heterocycles. The first-order chi connectivity index (χ1) is 5.42. The van der Waals surface area contributed by atoms with Crippen LogP contribution in [0.3, 0.4) is 0 Å². The number of hydrogen-bond donors (Lipinski definition) is 1. The lowest BCUT2D eigenvalue weighted by Gasteiger charge is -2.15. The molecule has 0 spiro atoms. The Labute approximate surface area is 67.0 Å². The highest BCUT2D eigenvalue weighted by Crippen LogP contribution is 2.35. The van der Waals surface area contributed by atoms with Gasteiger partial charge in [0.1, 0.15) is 0 Å². The number of hydrogen-bond acceptors (Lipinski definition) is 3. The van der Waals surface area contributed by atoms with Gasteiger partial charge in [0, 0.05) is 5.92 Å². The lowest BCUT2D eigenvalue weighted by atomic mass is 10.0. The molecule has 0 amide bonds. The molecule has 1 saturated heterocycles. The van der Waals surface area contributed by atoms with Gasteiger partial charge in [-0.25, -0.2) is 0 Å². The van der Waals surface area contributed by atoms with Gasteiger partial charge in [-0.3, -0.25) is 0 Å². The SMILES string of the molecule is CON[C@@H]1CO[C@@H]2C[CH]C[C@H]12. The zero-order chi connectivity index (χ0) is 7.68. The fourth-order valence-corrected chi connectivity index (χ4v) is 2.02. The molecule has 3 atom stereocenters. The van der Waals surface area contributed by atoms with Crippen LogP contribution >= 0.6 is 0 Å². The van der Waals surface area contributed by atoms with Crippen LogP contribution in [0, 0.1) is 12.3 Å². The van der Waals surface area contributed by atoms with Crippen molar-refractivity contribution in [2.24, 2.45) is 5.92 Å². The molecule has 2 aliphatic rings. The average Bonchev–Trinajstić information content (AvgIpc) is 2.53. The van der Waals surface area contributed by atoms with E-state index in [0.29, 0.717) is 18.1 Å². The first kappa shape index (κ1) is 7.53. The van der Waals surface area contributed by atoms with Gasteiger partial charge in [0.05, 0.1) is 25.9 Å². The maximum absolute atomic E-state index is 5.57. The van der Waals surface area contributed by atoms with Gasteiger partial charge < -0.3 is 9.57 Å². The van der Waals surface area contributed by atoms with Crippen LogP contribution in [-0.2, 0) is 9.57 Å². The van der Waals surface area contributed by atoms with Gasteiger partial charge in [-0.2, -0.15) is 5.48 Å². The molecule has 0 aromatic carbocycles. The maximum Gasteiger partial charge on any atom is 0.0650 e. The molecule has 0 bridgehead atoms. The Bertz CT molecular complexity index is 138. The van der Waals surface area contributed by atoms with E-state index in [4.69, 9.17) is 9.57 Å². The average molecular weight is 156 g/mol. The third-order valence-electron chi connectivity index (χ3n) is 2.59. The van der Waals surface area contributed by atoms with Crippen LogP contribution in [0.1, 0.15) is 12.8 Å². The van der Waals surface area contributed by atoms with Crippen molar-refractivity contribution in [1.82, 2.24) is 5.48 Å². The quantitative estimate of drug-likeness (QED) is 0.591. The van der Waals surface area contributed by atoms with E-state index < -0.39 is 0 Å². The summed E-state index contributed by atoms with van der Waals surface area (Å²) in [5.74, 6) is 0.648. The zero-order valence-electron chi connectivity index (χ0n) is 6.75. The molecular weight excluding hydrogens is 142 g/mol. The Balaban J connectivity index is 1.92. The van der Waals surface area contributed by atoms with E-state index in [1.54, 1.807) is 7.11 Å². The Hall–Kier alpha value is -0.120. The second-order valence-corrected chi connectivity index (χ2v) is 3.22. The summed E-state index contributed by atoms with van der Waals surface area (Å²) in [5, 5.41) is 0. The molecule has 11 heavy (non-hydrogen) atoms. The van der Waals surface area contributed by atoms with Crippen molar-refractivity contribution in [2.75, 3.05) is 13.7 Å². The maximum atomic E-state index is 5.57. The number of fused-ring (bicyclic) bond motifs is 1. The molecular formula is C8H14NO2. The zero-order valence-corrected chi connectivity index (χ0v) is 6.75. The highest BCUT2D eigenvalue weighted by molar-refractivity contribution is 4.98. The molecule has 2 fully saturated rings. The first-order valence-electron chi connectivity index (χ1n) is 4.13.